The highest BCUT2D eigenvalue weighted by atomic mass is 79.9. The molecule has 0 amide bonds. The van der Waals surface area contributed by atoms with E-state index in [4.69, 9.17) is 14.2 Å². The summed E-state index contributed by atoms with van der Waals surface area (Å²) in [6.45, 7) is 5.32. The molecule has 174 valence electrons. The van der Waals surface area contributed by atoms with Crippen LogP contribution < -0.4 is 14.4 Å². The van der Waals surface area contributed by atoms with Crippen molar-refractivity contribution in [2.24, 2.45) is 0 Å². The fraction of sp³-hybridized carbons (Fsp3) is 0.259. The Hall–Kier alpha value is -2.99. The molecule has 0 saturated heterocycles. The molecule has 3 rings (SSSR count). The summed E-state index contributed by atoms with van der Waals surface area (Å²) in [7, 11) is 3.28. The number of halogens is 2. The van der Waals surface area contributed by atoms with Gasteiger partial charge in [0.1, 0.15) is 17.3 Å². The molecule has 3 aromatic carbocycles. The number of rotatable bonds is 10. The molecule has 0 atom stereocenters. The van der Waals surface area contributed by atoms with E-state index in [0.717, 1.165) is 32.7 Å². The number of nitrogens with zero attached hydrogens (tertiary/aromatic N) is 1. The molecule has 0 aromatic heterocycles. The number of benzene rings is 3. The average molecular weight is 514 g/mol. The van der Waals surface area contributed by atoms with Crippen molar-refractivity contribution < 1.29 is 18.6 Å². The maximum Gasteiger partial charge on any atom is 0.150 e. The van der Waals surface area contributed by atoms with Crippen LogP contribution in [0.5, 0.6) is 11.5 Å². The van der Waals surface area contributed by atoms with Gasteiger partial charge in [-0.05, 0) is 72.5 Å². The van der Waals surface area contributed by atoms with E-state index in [0.29, 0.717) is 30.9 Å². The van der Waals surface area contributed by atoms with Crippen LogP contribution in [0.4, 0.5) is 10.1 Å². The lowest BCUT2D eigenvalue weighted by Crippen LogP contribution is -2.23. The smallest absolute Gasteiger partial charge is 0.150 e. The largest absolute Gasteiger partial charge is 0.501 e. The maximum atomic E-state index is 15.7. The standard InChI is InChI=1S/C27H29BrFNO3/c1-5-33-15-14-24-19(2)27(29)26(16-25(24)28)30(17-20-6-10-22(31-3)11-7-20)18-21-8-12-23(32-4)13-9-21/h6-16H,5,17-18H2,1-4H3/b15-14+. The van der Waals surface area contributed by atoms with Crippen LogP contribution in [0.2, 0.25) is 0 Å². The van der Waals surface area contributed by atoms with Crippen LogP contribution in [0.25, 0.3) is 6.08 Å². The molecule has 6 heteroatoms. The Balaban J connectivity index is 1.99. The van der Waals surface area contributed by atoms with E-state index < -0.39 is 0 Å². The molecule has 0 unspecified atom stereocenters. The van der Waals surface area contributed by atoms with Gasteiger partial charge >= 0.3 is 0 Å². The van der Waals surface area contributed by atoms with Crippen LogP contribution >= 0.6 is 15.9 Å². The lowest BCUT2D eigenvalue weighted by Gasteiger charge is -2.27. The first-order valence-electron chi connectivity index (χ1n) is 10.7. The summed E-state index contributed by atoms with van der Waals surface area (Å²) in [6, 6.07) is 17.5. The molecule has 0 aliphatic heterocycles. The Morgan fingerprint density at radius 3 is 1.88 bits per heavy atom. The molecular weight excluding hydrogens is 485 g/mol. The molecule has 0 aliphatic carbocycles. The zero-order valence-electron chi connectivity index (χ0n) is 19.4. The van der Waals surface area contributed by atoms with E-state index in [1.54, 1.807) is 33.5 Å². The second-order valence-electron chi connectivity index (χ2n) is 7.54. The molecule has 0 radical (unpaired) electrons. The van der Waals surface area contributed by atoms with Gasteiger partial charge in [-0.25, -0.2) is 4.39 Å². The molecule has 0 heterocycles. The van der Waals surface area contributed by atoms with Crippen molar-refractivity contribution in [1.29, 1.82) is 0 Å². The Kier molecular flexibility index (Phi) is 8.78. The van der Waals surface area contributed by atoms with Crippen molar-refractivity contribution in [1.82, 2.24) is 0 Å². The van der Waals surface area contributed by atoms with Gasteiger partial charge in [0.2, 0.25) is 0 Å². The normalized spacial score (nSPS) is 11.0. The number of ether oxygens (including phenoxy) is 3. The topological polar surface area (TPSA) is 30.9 Å². The summed E-state index contributed by atoms with van der Waals surface area (Å²) in [5.74, 6) is 1.32. The van der Waals surface area contributed by atoms with Crippen molar-refractivity contribution in [3.8, 4) is 11.5 Å². The molecule has 3 aromatic rings. The van der Waals surface area contributed by atoms with Gasteiger partial charge in [0, 0.05) is 17.6 Å². The van der Waals surface area contributed by atoms with Crippen molar-refractivity contribution in [2.45, 2.75) is 26.9 Å². The van der Waals surface area contributed by atoms with E-state index in [9.17, 15) is 0 Å². The quantitative estimate of drug-likeness (QED) is 0.270. The highest BCUT2D eigenvalue weighted by Gasteiger charge is 2.19. The van der Waals surface area contributed by atoms with Crippen molar-refractivity contribution in [3.63, 3.8) is 0 Å². The van der Waals surface area contributed by atoms with Crippen molar-refractivity contribution in [3.05, 3.63) is 93.4 Å². The SMILES string of the molecule is CCO/C=C/c1c(Br)cc(N(Cc2ccc(OC)cc2)Cc2ccc(OC)cc2)c(F)c1C. The van der Waals surface area contributed by atoms with E-state index >= 15 is 4.39 Å². The molecule has 0 N–H and O–H groups in total. The van der Waals surface area contributed by atoms with Crippen LogP contribution in [0.3, 0.4) is 0 Å². The molecule has 0 saturated carbocycles. The number of hydrogen-bond acceptors (Lipinski definition) is 4. The summed E-state index contributed by atoms with van der Waals surface area (Å²) < 4.78 is 32.3. The van der Waals surface area contributed by atoms with E-state index in [2.05, 4.69) is 15.9 Å². The van der Waals surface area contributed by atoms with E-state index in [1.807, 2.05) is 66.4 Å². The molecule has 33 heavy (non-hydrogen) atoms. The average Bonchev–Trinajstić information content (AvgIpc) is 2.84. The molecule has 0 spiro atoms. The number of anilines is 1. The summed E-state index contributed by atoms with van der Waals surface area (Å²) in [5, 5.41) is 0. The minimum atomic E-state index is -0.253. The third-order valence-electron chi connectivity index (χ3n) is 5.38. The van der Waals surface area contributed by atoms with E-state index in [1.165, 1.54) is 0 Å². The van der Waals surface area contributed by atoms with Gasteiger partial charge in [-0.1, -0.05) is 40.2 Å². The predicted octanol–water partition coefficient (Wildman–Crippen LogP) is 7.13. The molecule has 0 fully saturated rings. The van der Waals surface area contributed by atoms with Gasteiger partial charge in [0.15, 0.2) is 0 Å². The highest BCUT2D eigenvalue weighted by molar-refractivity contribution is 9.10. The number of methoxy groups -OCH3 is 2. The second-order valence-corrected chi connectivity index (χ2v) is 8.39. The molecule has 0 aliphatic rings. The van der Waals surface area contributed by atoms with Gasteiger partial charge < -0.3 is 19.1 Å². The van der Waals surface area contributed by atoms with Gasteiger partial charge in [-0.15, -0.1) is 0 Å². The first-order chi connectivity index (χ1) is 16.0. The van der Waals surface area contributed by atoms with E-state index in [-0.39, 0.29) is 5.82 Å². The Morgan fingerprint density at radius 2 is 1.42 bits per heavy atom. The minimum absolute atomic E-state index is 0.253. The molecule has 0 bridgehead atoms. The first kappa shape index (κ1) is 24.6. The fourth-order valence-electron chi connectivity index (χ4n) is 3.53. The summed E-state index contributed by atoms with van der Waals surface area (Å²) in [6.07, 6.45) is 3.38. The monoisotopic (exact) mass is 513 g/mol. The zero-order chi connectivity index (χ0) is 23.8. The lowest BCUT2D eigenvalue weighted by atomic mass is 10.0. The molecule has 4 nitrogen and oxygen atoms in total. The van der Waals surface area contributed by atoms with Gasteiger partial charge in [0.05, 0.1) is 32.8 Å². The Labute approximate surface area is 203 Å². The third-order valence-corrected chi connectivity index (χ3v) is 6.04. The lowest BCUT2D eigenvalue weighted by molar-refractivity contribution is 0.272. The van der Waals surface area contributed by atoms with Crippen LogP contribution in [0.1, 0.15) is 29.2 Å². The van der Waals surface area contributed by atoms with Crippen LogP contribution in [0.15, 0.2) is 65.3 Å². The van der Waals surface area contributed by atoms with Crippen LogP contribution in [0, 0.1) is 12.7 Å². The number of hydrogen-bond donors (Lipinski definition) is 0. The summed E-state index contributed by atoms with van der Waals surface area (Å²) in [5.41, 5.74) is 3.96. The van der Waals surface area contributed by atoms with Gasteiger partial charge in [-0.3, -0.25) is 0 Å². The van der Waals surface area contributed by atoms with Crippen molar-refractivity contribution >= 4 is 27.7 Å². The van der Waals surface area contributed by atoms with Gasteiger partial charge in [0.25, 0.3) is 0 Å². The summed E-state index contributed by atoms with van der Waals surface area (Å²) in [4.78, 5) is 2.03. The third kappa shape index (κ3) is 6.29. The minimum Gasteiger partial charge on any atom is -0.501 e. The summed E-state index contributed by atoms with van der Waals surface area (Å²) >= 11 is 3.63. The molecular formula is C27H29BrFNO3. The van der Waals surface area contributed by atoms with Crippen molar-refractivity contribution in [2.75, 3.05) is 25.7 Å². The Bertz CT molecular complexity index is 1030. The first-order valence-corrected chi connectivity index (χ1v) is 11.5. The zero-order valence-corrected chi connectivity index (χ0v) is 21.0. The van der Waals surface area contributed by atoms with Crippen LogP contribution in [-0.2, 0) is 17.8 Å². The second kappa shape index (κ2) is 11.8. The highest BCUT2D eigenvalue weighted by Crippen LogP contribution is 2.34. The van der Waals surface area contributed by atoms with Gasteiger partial charge in [-0.2, -0.15) is 0 Å². The van der Waals surface area contributed by atoms with Crippen LogP contribution in [-0.4, -0.2) is 20.8 Å². The predicted molar refractivity (Wildman–Crippen MR) is 135 cm³/mol. The Morgan fingerprint density at radius 1 is 0.909 bits per heavy atom. The fourth-order valence-corrected chi connectivity index (χ4v) is 4.17. The maximum absolute atomic E-state index is 15.7.